The monoisotopic (exact) mass is 307 g/mol. The first kappa shape index (κ1) is 15.4. The minimum atomic E-state index is -0.283. The van der Waals surface area contributed by atoms with Crippen molar-refractivity contribution in [3.63, 3.8) is 0 Å². The van der Waals surface area contributed by atoms with Crippen LogP contribution in [0.2, 0.25) is 0 Å². The van der Waals surface area contributed by atoms with Crippen LogP contribution in [0.15, 0.2) is 33.9 Å². The van der Waals surface area contributed by atoms with Crippen LogP contribution in [0, 0.1) is 0 Å². The maximum atomic E-state index is 11.7. The zero-order valence-corrected chi connectivity index (χ0v) is 12.9. The smallest absolute Gasteiger partial charge is 0.277 e. The Kier molecular flexibility index (Phi) is 5.21. The van der Waals surface area contributed by atoms with Crippen molar-refractivity contribution < 1.29 is 13.9 Å². The topological polar surface area (TPSA) is 77.2 Å². The van der Waals surface area contributed by atoms with Crippen molar-refractivity contribution >= 4 is 17.7 Å². The highest BCUT2D eigenvalue weighted by Gasteiger charge is 2.18. The normalized spacial score (nSPS) is 12.0. The van der Waals surface area contributed by atoms with Gasteiger partial charge in [0.25, 0.3) is 5.22 Å². The van der Waals surface area contributed by atoms with E-state index in [4.69, 9.17) is 9.15 Å². The third-order valence-electron chi connectivity index (χ3n) is 2.74. The first-order valence-corrected chi connectivity index (χ1v) is 7.44. The van der Waals surface area contributed by atoms with Crippen LogP contribution in [0.3, 0.4) is 0 Å². The predicted octanol–water partition coefficient (Wildman–Crippen LogP) is 2.36. The van der Waals surface area contributed by atoms with E-state index >= 15 is 0 Å². The van der Waals surface area contributed by atoms with Gasteiger partial charge < -0.3 is 14.5 Å². The maximum Gasteiger partial charge on any atom is 0.277 e. The van der Waals surface area contributed by atoms with Crippen LogP contribution in [-0.4, -0.2) is 35.0 Å². The molecule has 112 valence electrons. The fourth-order valence-electron chi connectivity index (χ4n) is 1.63. The van der Waals surface area contributed by atoms with E-state index in [1.807, 2.05) is 31.2 Å². The van der Waals surface area contributed by atoms with Gasteiger partial charge in [0.1, 0.15) is 5.75 Å². The molecule has 0 aliphatic rings. The van der Waals surface area contributed by atoms with E-state index in [1.54, 1.807) is 14.0 Å². The minimum absolute atomic E-state index is 0.0494. The fourth-order valence-corrected chi connectivity index (χ4v) is 2.34. The summed E-state index contributed by atoms with van der Waals surface area (Å²) in [4.78, 5) is 11.7. The zero-order chi connectivity index (χ0) is 15.2. The van der Waals surface area contributed by atoms with E-state index in [0.29, 0.717) is 17.7 Å². The number of amides is 1. The van der Waals surface area contributed by atoms with E-state index in [0.717, 1.165) is 11.3 Å². The molecule has 0 aliphatic carbocycles. The molecule has 21 heavy (non-hydrogen) atoms. The van der Waals surface area contributed by atoms with Crippen LogP contribution in [0.25, 0.3) is 11.5 Å². The summed E-state index contributed by atoms with van der Waals surface area (Å²) in [6.07, 6.45) is 0. The summed E-state index contributed by atoms with van der Waals surface area (Å²) < 4.78 is 10.7. The molecule has 1 amide bonds. The van der Waals surface area contributed by atoms with Crippen molar-refractivity contribution in [2.45, 2.75) is 24.3 Å². The van der Waals surface area contributed by atoms with Gasteiger partial charge in [-0.05, 0) is 38.1 Å². The molecule has 0 saturated heterocycles. The summed E-state index contributed by atoms with van der Waals surface area (Å²) in [5.74, 6) is 1.13. The van der Waals surface area contributed by atoms with Gasteiger partial charge in [0, 0.05) is 12.1 Å². The third kappa shape index (κ3) is 3.98. The highest BCUT2D eigenvalue weighted by atomic mass is 32.2. The predicted molar refractivity (Wildman–Crippen MR) is 80.3 cm³/mol. The van der Waals surface area contributed by atoms with Gasteiger partial charge in [-0.1, -0.05) is 11.8 Å². The van der Waals surface area contributed by atoms with E-state index in [2.05, 4.69) is 15.5 Å². The Bertz CT molecular complexity index is 598. The second-order valence-corrected chi connectivity index (χ2v) is 5.55. The van der Waals surface area contributed by atoms with Crippen LogP contribution in [0.5, 0.6) is 5.75 Å². The number of nitrogens with zero attached hydrogens (tertiary/aromatic N) is 2. The van der Waals surface area contributed by atoms with E-state index < -0.39 is 0 Å². The number of hydrogen-bond donors (Lipinski definition) is 1. The Hall–Kier alpha value is -2.02. The van der Waals surface area contributed by atoms with Gasteiger partial charge in [-0.3, -0.25) is 4.79 Å². The first-order chi connectivity index (χ1) is 10.1. The Labute approximate surface area is 127 Å². The lowest BCUT2D eigenvalue weighted by atomic mass is 10.2. The molecule has 0 spiro atoms. The number of hydrogen-bond acceptors (Lipinski definition) is 6. The Balaban J connectivity index is 2.05. The summed E-state index contributed by atoms with van der Waals surface area (Å²) in [5, 5.41) is 10.8. The Morgan fingerprint density at radius 1 is 1.38 bits per heavy atom. The SMILES string of the molecule is CCNC(=O)[C@@H](C)Sc1nnc(-c2ccc(OC)cc2)o1. The molecule has 2 rings (SSSR count). The molecular formula is C14H17N3O3S. The number of nitrogens with one attached hydrogen (secondary N) is 1. The van der Waals surface area contributed by atoms with E-state index in [1.165, 1.54) is 11.8 Å². The van der Waals surface area contributed by atoms with Gasteiger partial charge in [0.15, 0.2) is 0 Å². The molecule has 0 bridgehead atoms. The Morgan fingerprint density at radius 2 is 2.10 bits per heavy atom. The van der Waals surface area contributed by atoms with Gasteiger partial charge >= 0.3 is 0 Å². The molecule has 1 heterocycles. The van der Waals surface area contributed by atoms with Crippen molar-refractivity contribution in [1.82, 2.24) is 15.5 Å². The number of methoxy groups -OCH3 is 1. The summed E-state index contributed by atoms with van der Waals surface area (Å²) >= 11 is 1.24. The van der Waals surface area contributed by atoms with Gasteiger partial charge in [0.2, 0.25) is 11.8 Å². The molecule has 6 nitrogen and oxygen atoms in total. The molecular weight excluding hydrogens is 290 g/mol. The standard InChI is InChI=1S/C14H17N3O3S/c1-4-15-12(18)9(2)21-14-17-16-13(20-14)10-5-7-11(19-3)8-6-10/h5-9H,4H2,1-3H3,(H,15,18)/t9-/m1/s1. The van der Waals surface area contributed by atoms with Crippen LogP contribution in [0.1, 0.15) is 13.8 Å². The molecule has 1 atom stereocenters. The van der Waals surface area contributed by atoms with Crippen molar-refractivity contribution in [1.29, 1.82) is 0 Å². The lowest BCUT2D eigenvalue weighted by Crippen LogP contribution is -2.30. The molecule has 0 radical (unpaired) electrons. The molecule has 2 aromatic rings. The van der Waals surface area contributed by atoms with Gasteiger partial charge in [-0.25, -0.2) is 0 Å². The van der Waals surface area contributed by atoms with Crippen LogP contribution >= 0.6 is 11.8 Å². The van der Waals surface area contributed by atoms with E-state index in [9.17, 15) is 4.79 Å². The number of ether oxygens (including phenoxy) is 1. The minimum Gasteiger partial charge on any atom is -0.497 e. The van der Waals surface area contributed by atoms with Gasteiger partial charge in [-0.2, -0.15) is 0 Å². The maximum absolute atomic E-state index is 11.7. The molecule has 0 unspecified atom stereocenters. The van der Waals surface area contributed by atoms with Crippen molar-refractivity contribution in [3.05, 3.63) is 24.3 Å². The lowest BCUT2D eigenvalue weighted by molar-refractivity contribution is -0.120. The van der Waals surface area contributed by atoms with Crippen molar-refractivity contribution in [2.75, 3.05) is 13.7 Å². The van der Waals surface area contributed by atoms with Crippen LogP contribution < -0.4 is 10.1 Å². The lowest BCUT2D eigenvalue weighted by Gasteiger charge is -2.07. The Morgan fingerprint density at radius 3 is 2.71 bits per heavy atom. The van der Waals surface area contributed by atoms with Gasteiger partial charge in [0.05, 0.1) is 12.4 Å². The average Bonchev–Trinajstić information content (AvgIpc) is 2.96. The molecule has 1 N–H and O–H groups in total. The molecule has 0 aliphatic heterocycles. The van der Waals surface area contributed by atoms with Gasteiger partial charge in [-0.15, -0.1) is 10.2 Å². The second kappa shape index (κ2) is 7.12. The van der Waals surface area contributed by atoms with Crippen molar-refractivity contribution in [3.8, 4) is 17.2 Å². The van der Waals surface area contributed by atoms with Crippen LogP contribution in [-0.2, 0) is 4.79 Å². The fraction of sp³-hybridized carbons (Fsp3) is 0.357. The highest BCUT2D eigenvalue weighted by Crippen LogP contribution is 2.27. The summed E-state index contributed by atoms with van der Waals surface area (Å²) in [6, 6.07) is 7.33. The number of carbonyl (C=O) groups excluding carboxylic acids is 1. The second-order valence-electron chi connectivity index (χ2n) is 4.26. The quantitative estimate of drug-likeness (QED) is 0.826. The summed E-state index contributed by atoms with van der Waals surface area (Å²) in [6.45, 7) is 4.28. The van der Waals surface area contributed by atoms with E-state index in [-0.39, 0.29) is 11.2 Å². The number of carbonyl (C=O) groups is 1. The molecule has 0 saturated carbocycles. The third-order valence-corrected chi connectivity index (χ3v) is 3.68. The number of rotatable bonds is 6. The summed E-state index contributed by atoms with van der Waals surface area (Å²) in [7, 11) is 1.61. The number of benzene rings is 1. The summed E-state index contributed by atoms with van der Waals surface area (Å²) in [5.41, 5.74) is 0.806. The number of aromatic nitrogens is 2. The zero-order valence-electron chi connectivity index (χ0n) is 12.1. The largest absolute Gasteiger partial charge is 0.497 e. The first-order valence-electron chi connectivity index (χ1n) is 6.56. The average molecular weight is 307 g/mol. The molecule has 1 aromatic carbocycles. The van der Waals surface area contributed by atoms with Crippen LogP contribution in [0.4, 0.5) is 0 Å². The van der Waals surface area contributed by atoms with Crippen molar-refractivity contribution in [2.24, 2.45) is 0 Å². The molecule has 1 aromatic heterocycles. The highest BCUT2D eigenvalue weighted by molar-refractivity contribution is 8.00. The molecule has 0 fully saturated rings. The number of thioether (sulfide) groups is 1. The molecule has 7 heteroatoms.